The van der Waals surface area contributed by atoms with Crippen molar-refractivity contribution in [2.45, 2.75) is 19.3 Å². The number of carbonyl (C=O) groups is 1. The molecule has 100 valence electrons. The highest BCUT2D eigenvalue weighted by molar-refractivity contribution is 9.18. The molecule has 1 aromatic rings. The standard InChI is InChI=1S/C13H9Br2F2NO/c14-10-1-2-12(15)18-13(10)11(19)5-7-3-8(16)6-9(17)4-7/h3-4,6H,1-2,5H2. The molecule has 0 fully saturated rings. The summed E-state index contributed by atoms with van der Waals surface area (Å²) in [5.74, 6) is -1.65. The third-order valence-corrected chi connectivity index (χ3v) is 3.94. The molecule has 0 amide bonds. The highest BCUT2D eigenvalue weighted by atomic mass is 79.9. The number of ketones is 1. The molecule has 6 heteroatoms. The van der Waals surface area contributed by atoms with Crippen molar-refractivity contribution >= 4 is 42.3 Å². The van der Waals surface area contributed by atoms with Crippen LogP contribution >= 0.6 is 31.9 Å². The average molecular weight is 393 g/mol. The molecule has 0 aliphatic carbocycles. The molecular formula is C13H9Br2F2NO. The minimum Gasteiger partial charge on any atom is -0.292 e. The number of aliphatic imine (C=N–C) groups is 1. The molecule has 1 heterocycles. The van der Waals surface area contributed by atoms with Crippen LogP contribution in [0.3, 0.4) is 0 Å². The van der Waals surface area contributed by atoms with Gasteiger partial charge in [0.15, 0.2) is 5.78 Å². The molecule has 0 radical (unpaired) electrons. The number of benzene rings is 1. The molecule has 0 atom stereocenters. The minimum atomic E-state index is -0.691. The van der Waals surface area contributed by atoms with Crippen LogP contribution in [-0.4, -0.2) is 10.4 Å². The number of rotatable bonds is 3. The van der Waals surface area contributed by atoms with E-state index in [1.807, 2.05) is 0 Å². The normalized spacial score (nSPS) is 15.5. The Balaban J connectivity index is 2.22. The summed E-state index contributed by atoms with van der Waals surface area (Å²) in [6, 6.07) is 3.08. The fraction of sp³-hybridized carbons (Fsp3) is 0.231. The average Bonchev–Trinajstić information content (AvgIpc) is 2.30. The summed E-state index contributed by atoms with van der Waals surface area (Å²) >= 11 is 6.56. The highest BCUT2D eigenvalue weighted by Gasteiger charge is 2.19. The lowest BCUT2D eigenvalue weighted by atomic mass is 10.0. The number of nitrogens with zero attached hydrogens (tertiary/aromatic N) is 1. The molecule has 0 aromatic heterocycles. The van der Waals surface area contributed by atoms with Crippen LogP contribution in [0.15, 0.2) is 33.4 Å². The van der Waals surface area contributed by atoms with E-state index in [1.54, 1.807) is 0 Å². The second-order valence-corrected chi connectivity index (χ2v) is 5.99. The second-order valence-electron chi connectivity index (χ2n) is 4.12. The Labute approximate surface area is 125 Å². The van der Waals surface area contributed by atoms with Crippen molar-refractivity contribution in [1.29, 1.82) is 0 Å². The maximum Gasteiger partial charge on any atom is 0.186 e. The predicted octanol–water partition coefficient (Wildman–Crippen LogP) is 4.27. The summed E-state index contributed by atoms with van der Waals surface area (Å²) in [7, 11) is 0. The van der Waals surface area contributed by atoms with Crippen LogP contribution in [0.5, 0.6) is 0 Å². The van der Waals surface area contributed by atoms with Crippen molar-refractivity contribution < 1.29 is 13.6 Å². The van der Waals surface area contributed by atoms with Crippen LogP contribution in [-0.2, 0) is 11.2 Å². The number of Topliss-reactive ketones (excluding diaryl/α,β-unsaturated/α-hetero) is 1. The fourth-order valence-corrected chi connectivity index (χ4v) is 2.65. The van der Waals surface area contributed by atoms with Gasteiger partial charge in [-0.3, -0.25) is 4.79 Å². The maximum absolute atomic E-state index is 13.1. The van der Waals surface area contributed by atoms with E-state index in [-0.39, 0.29) is 12.2 Å². The second kappa shape index (κ2) is 6.05. The molecule has 0 N–H and O–H groups in total. The van der Waals surface area contributed by atoms with Crippen molar-refractivity contribution in [2.75, 3.05) is 0 Å². The van der Waals surface area contributed by atoms with Crippen LogP contribution in [0.25, 0.3) is 0 Å². The number of halogens is 4. The zero-order chi connectivity index (χ0) is 14.0. The predicted molar refractivity (Wildman–Crippen MR) is 76.6 cm³/mol. The van der Waals surface area contributed by atoms with E-state index in [1.165, 1.54) is 0 Å². The van der Waals surface area contributed by atoms with Crippen molar-refractivity contribution in [3.63, 3.8) is 0 Å². The van der Waals surface area contributed by atoms with E-state index in [0.717, 1.165) is 29.1 Å². The van der Waals surface area contributed by atoms with Gasteiger partial charge in [0.05, 0.1) is 4.62 Å². The van der Waals surface area contributed by atoms with E-state index in [0.29, 0.717) is 22.3 Å². The lowest BCUT2D eigenvalue weighted by molar-refractivity contribution is -0.115. The van der Waals surface area contributed by atoms with Gasteiger partial charge in [-0.25, -0.2) is 13.8 Å². The number of allylic oxidation sites excluding steroid dienone is 2. The molecule has 0 unspecified atom stereocenters. The summed E-state index contributed by atoms with van der Waals surface area (Å²) in [4.78, 5) is 16.2. The largest absolute Gasteiger partial charge is 0.292 e. The monoisotopic (exact) mass is 391 g/mol. The maximum atomic E-state index is 13.1. The molecular weight excluding hydrogens is 384 g/mol. The zero-order valence-corrected chi connectivity index (χ0v) is 12.9. The number of carbonyl (C=O) groups excluding carboxylic acids is 1. The van der Waals surface area contributed by atoms with E-state index in [9.17, 15) is 13.6 Å². The molecule has 0 saturated heterocycles. The van der Waals surface area contributed by atoms with Crippen LogP contribution in [0.2, 0.25) is 0 Å². The Morgan fingerprint density at radius 2 is 1.79 bits per heavy atom. The van der Waals surface area contributed by atoms with Crippen molar-refractivity contribution in [2.24, 2.45) is 4.99 Å². The zero-order valence-electron chi connectivity index (χ0n) is 9.72. The quantitative estimate of drug-likeness (QED) is 0.755. The number of hydrogen-bond donors (Lipinski definition) is 0. The van der Waals surface area contributed by atoms with Gasteiger partial charge in [0.2, 0.25) is 0 Å². The number of hydrogen-bond acceptors (Lipinski definition) is 2. The van der Waals surface area contributed by atoms with Crippen LogP contribution in [0.1, 0.15) is 18.4 Å². The third kappa shape index (κ3) is 3.79. The first-order valence-corrected chi connectivity index (χ1v) is 7.14. The van der Waals surface area contributed by atoms with E-state index < -0.39 is 11.6 Å². The van der Waals surface area contributed by atoms with E-state index in [4.69, 9.17) is 0 Å². The molecule has 0 bridgehead atoms. The first-order valence-electron chi connectivity index (χ1n) is 5.55. The first-order chi connectivity index (χ1) is 8.95. The van der Waals surface area contributed by atoms with Gasteiger partial charge in [0.25, 0.3) is 0 Å². The van der Waals surface area contributed by atoms with Crippen LogP contribution < -0.4 is 0 Å². The van der Waals surface area contributed by atoms with Gasteiger partial charge in [0.1, 0.15) is 17.3 Å². The summed E-state index contributed by atoms with van der Waals surface area (Å²) in [6.07, 6.45) is 1.33. The first kappa shape index (κ1) is 14.5. The van der Waals surface area contributed by atoms with Crippen molar-refractivity contribution in [3.8, 4) is 0 Å². The van der Waals surface area contributed by atoms with Gasteiger partial charge >= 0.3 is 0 Å². The highest BCUT2D eigenvalue weighted by Crippen LogP contribution is 2.27. The topological polar surface area (TPSA) is 29.4 Å². The molecule has 19 heavy (non-hydrogen) atoms. The van der Waals surface area contributed by atoms with Gasteiger partial charge in [-0.05, 0) is 40.0 Å². The van der Waals surface area contributed by atoms with Crippen LogP contribution in [0, 0.1) is 11.6 Å². The molecule has 2 nitrogen and oxygen atoms in total. The van der Waals surface area contributed by atoms with Gasteiger partial charge < -0.3 is 0 Å². The van der Waals surface area contributed by atoms with E-state index >= 15 is 0 Å². The summed E-state index contributed by atoms with van der Waals surface area (Å²) < 4.78 is 27.5. The minimum absolute atomic E-state index is 0.0805. The summed E-state index contributed by atoms with van der Waals surface area (Å²) in [5.41, 5.74) is 0.606. The smallest absolute Gasteiger partial charge is 0.186 e. The fourth-order valence-electron chi connectivity index (χ4n) is 1.76. The molecule has 1 aliphatic heterocycles. The molecule has 1 aromatic carbocycles. The van der Waals surface area contributed by atoms with Crippen LogP contribution in [0.4, 0.5) is 8.78 Å². The van der Waals surface area contributed by atoms with Gasteiger partial charge in [0, 0.05) is 23.4 Å². The Bertz CT molecular complexity index is 576. The Kier molecular flexibility index (Phi) is 4.62. The van der Waals surface area contributed by atoms with Crippen molar-refractivity contribution in [3.05, 3.63) is 45.6 Å². The van der Waals surface area contributed by atoms with Gasteiger partial charge in [-0.15, -0.1) is 0 Å². The van der Waals surface area contributed by atoms with E-state index in [2.05, 4.69) is 36.9 Å². The van der Waals surface area contributed by atoms with Crippen molar-refractivity contribution in [1.82, 2.24) is 0 Å². The Hall–Kier alpha value is -0.880. The lowest BCUT2D eigenvalue weighted by Crippen LogP contribution is -2.11. The van der Waals surface area contributed by atoms with Gasteiger partial charge in [-0.1, -0.05) is 15.9 Å². The summed E-state index contributed by atoms with van der Waals surface area (Å²) in [6.45, 7) is 0. The molecule has 1 aliphatic rings. The Morgan fingerprint density at radius 3 is 2.42 bits per heavy atom. The molecule has 2 rings (SSSR count). The summed E-state index contributed by atoms with van der Waals surface area (Å²) in [5, 5.41) is 0. The Morgan fingerprint density at radius 1 is 1.16 bits per heavy atom. The SMILES string of the molecule is O=C(Cc1cc(F)cc(F)c1)C1=C(Br)CCC(Br)=N1. The molecule has 0 spiro atoms. The third-order valence-electron chi connectivity index (χ3n) is 2.59. The van der Waals surface area contributed by atoms with Gasteiger partial charge in [-0.2, -0.15) is 0 Å². The molecule has 0 saturated carbocycles. The lowest BCUT2D eigenvalue weighted by Gasteiger charge is -2.11.